The van der Waals surface area contributed by atoms with Crippen molar-refractivity contribution in [2.45, 2.75) is 63.1 Å². The predicted octanol–water partition coefficient (Wildman–Crippen LogP) is 3.46. The van der Waals surface area contributed by atoms with Crippen LogP contribution in [0.25, 0.3) is 0 Å². The van der Waals surface area contributed by atoms with Crippen LogP contribution in [0.1, 0.15) is 51.5 Å². The molecule has 1 aromatic rings. The number of hydrogen-bond acceptors (Lipinski definition) is 3. The van der Waals surface area contributed by atoms with Crippen LogP contribution < -0.4 is 10.1 Å². The number of carbonyl (C=O) groups is 2. The third-order valence-corrected chi connectivity index (χ3v) is 6.98. The summed E-state index contributed by atoms with van der Waals surface area (Å²) >= 11 is 0. The first-order valence-corrected chi connectivity index (χ1v) is 10.1. The number of alkyl halides is 1. The van der Waals surface area contributed by atoms with Gasteiger partial charge in [0.25, 0.3) is 0 Å². The normalized spacial score (nSPS) is 33.5. The Morgan fingerprint density at radius 2 is 1.93 bits per heavy atom. The Labute approximate surface area is 164 Å². The smallest absolute Gasteiger partial charge is 0.341 e. The first kappa shape index (κ1) is 19.2. The second-order valence-electron chi connectivity index (χ2n) is 9.46. The Hall–Kier alpha value is -2.11. The van der Waals surface area contributed by atoms with Gasteiger partial charge in [-0.3, -0.25) is 4.79 Å². The number of carbonyl (C=O) groups excluding carboxylic acids is 1. The van der Waals surface area contributed by atoms with Crippen LogP contribution in [0.5, 0.6) is 5.75 Å². The topological polar surface area (TPSA) is 75.6 Å². The van der Waals surface area contributed by atoms with Gasteiger partial charge in [0.05, 0.1) is 5.41 Å². The fourth-order valence-corrected chi connectivity index (χ4v) is 5.74. The molecule has 28 heavy (non-hydrogen) atoms. The lowest BCUT2D eigenvalue weighted by Gasteiger charge is -2.57. The van der Waals surface area contributed by atoms with Crippen LogP contribution >= 0.6 is 0 Å². The van der Waals surface area contributed by atoms with Crippen molar-refractivity contribution in [2.75, 3.05) is 6.61 Å². The van der Waals surface area contributed by atoms with E-state index in [2.05, 4.69) is 5.32 Å². The molecular weight excluding hydrogens is 361 g/mol. The molecule has 2 N–H and O–H groups in total. The summed E-state index contributed by atoms with van der Waals surface area (Å²) in [5.74, 6) is 0.257. The molecule has 1 aromatic carbocycles. The molecule has 0 saturated heterocycles. The predicted molar refractivity (Wildman–Crippen MR) is 102 cm³/mol. The minimum atomic E-state index is -1.05. The van der Waals surface area contributed by atoms with E-state index in [0.717, 1.165) is 18.4 Å². The van der Waals surface area contributed by atoms with Crippen molar-refractivity contribution in [3.63, 3.8) is 0 Å². The van der Waals surface area contributed by atoms with Gasteiger partial charge in [-0.2, -0.15) is 0 Å². The van der Waals surface area contributed by atoms with Crippen molar-refractivity contribution in [1.82, 2.24) is 5.32 Å². The molecule has 0 aromatic heterocycles. The Morgan fingerprint density at radius 1 is 1.25 bits per heavy atom. The first-order valence-electron chi connectivity index (χ1n) is 10.1. The molecule has 4 bridgehead atoms. The lowest BCUT2D eigenvalue weighted by Crippen LogP contribution is -2.61. The van der Waals surface area contributed by atoms with Gasteiger partial charge in [-0.15, -0.1) is 0 Å². The summed E-state index contributed by atoms with van der Waals surface area (Å²) in [6.07, 6.45) is 3.89. The molecule has 0 spiro atoms. The molecular formula is C22H28FNO4. The molecule has 6 heteroatoms. The van der Waals surface area contributed by atoms with Gasteiger partial charge in [0.2, 0.25) is 5.91 Å². The van der Waals surface area contributed by atoms with E-state index < -0.39 is 23.7 Å². The molecule has 1 unspecified atom stereocenters. The summed E-state index contributed by atoms with van der Waals surface area (Å²) in [6, 6.07) is 7.06. The Morgan fingerprint density at radius 3 is 2.54 bits per heavy atom. The van der Waals surface area contributed by atoms with E-state index >= 15 is 0 Å². The van der Waals surface area contributed by atoms with Gasteiger partial charge in [-0.25, -0.2) is 9.18 Å². The number of rotatable bonds is 6. The van der Waals surface area contributed by atoms with E-state index in [1.165, 1.54) is 0 Å². The summed E-state index contributed by atoms with van der Waals surface area (Å²) in [6.45, 7) is 3.28. The second-order valence-corrected chi connectivity index (χ2v) is 9.46. The maximum atomic E-state index is 14.9. The average Bonchev–Trinajstić information content (AvgIpc) is 2.61. The summed E-state index contributed by atoms with van der Waals surface area (Å²) in [4.78, 5) is 23.9. The number of ether oxygens (including phenoxy) is 1. The highest BCUT2D eigenvalue weighted by atomic mass is 19.1. The molecule has 4 saturated carbocycles. The molecule has 4 fully saturated rings. The molecule has 5 nitrogen and oxygen atoms in total. The Balaban J connectivity index is 1.47. The monoisotopic (exact) mass is 389 g/mol. The van der Waals surface area contributed by atoms with Gasteiger partial charge in [0, 0.05) is 6.04 Å². The number of amides is 1. The van der Waals surface area contributed by atoms with Crippen molar-refractivity contribution in [2.24, 2.45) is 17.8 Å². The van der Waals surface area contributed by atoms with Crippen LogP contribution in [0, 0.1) is 17.8 Å². The number of aliphatic carboxylic acids is 1. The van der Waals surface area contributed by atoms with E-state index in [1.807, 2.05) is 19.9 Å². The fraction of sp³-hybridized carbons (Fsp3) is 0.636. The minimum absolute atomic E-state index is 0.0543. The molecule has 0 aliphatic heterocycles. The number of carboxylic acids is 1. The molecule has 1 amide bonds. The van der Waals surface area contributed by atoms with Gasteiger partial charge in [-0.05, 0) is 81.4 Å². The van der Waals surface area contributed by atoms with Gasteiger partial charge < -0.3 is 15.2 Å². The average molecular weight is 389 g/mol. The first-order chi connectivity index (χ1) is 13.2. The molecule has 0 heterocycles. The van der Waals surface area contributed by atoms with E-state index in [0.29, 0.717) is 30.9 Å². The van der Waals surface area contributed by atoms with E-state index in [4.69, 9.17) is 9.84 Å². The summed E-state index contributed by atoms with van der Waals surface area (Å²) < 4.78 is 20.1. The highest BCUT2D eigenvalue weighted by Gasteiger charge is 2.56. The second kappa shape index (κ2) is 6.75. The minimum Gasteiger partial charge on any atom is -0.482 e. The van der Waals surface area contributed by atoms with Gasteiger partial charge in [0.15, 0.2) is 6.61 Å². The molecule has 4 aliphatic rings. The zero-order valence-corrected chi connectivity index (χ0v) is 16.4. The van der Waals surface area contributed by atoms with Gasteiger partial charge in [0.1, 0.15) is 11.4 Å². The summed E-state index contributed by atoms with van der Waals surface area (Å²) in [5, 5.41) is 12.0. The standard InChI is InChI=1S/C22H28FNO4/c1-21(2,16-4-3-5-17(8-16)28-12-18(25)26)20(27)24-19-14-6-13-7-15(19)11-22(23,9-13)10-14/h3-5,8,13-15,19H,6-7,9-12H2,1-2H3,(H,24,27)(H,25,26)/t13?,14-,15+,19+,22+. The lowest BCUT2D eigenvalue weighted by molar-refractivity contribution is -0.139. The maximum Gasteiger partial charge on any atom is 0.341 e. The Kier molecular flexibility index (Phi) is 4.63. The van der Waals surface area contributed by atoms with E-state index in [9.17, 15) is 14.0 Å². The van der Waals surface area contributed by atoms with Crippen molar-refractivity contribution in [3.8, 4) is 5.75 Å². The van der Waals surface area contributed by atoms with Crippen LogP contribution in [-0.4, -0.2) is 35.3 Å². The zero-order valence-electron chi connectivity index (χ0n) is 16.4. The molecule has 5 rings (SSSR count). The maximum absolute atomic E-state index is 14.9. The van der Waals surface area contributed by atoms with Crippen molar-refractivity contribution in [1.29, 1.82) is 0 Å². The van der Waals surface area contributed by atoms with E-state index in [-0.39, 0.29) is 23.8 Å². The van der Waals surface area contributed by atoms with Crippen LogP contribution in [0.3, 0.4) is 0 Å². The number of benzene rings is 1. The highest BCUT2D eigenvalue weighted by molar-refractivity contribution is 5.87. The molecule has 4 aliphatic carbocycles. The molecule has 0 radical (unpaired) electrons. The largest absolute Gasteiger partial charge is 0.482 e. The summed E-state index contributed by atoms with van der Waals surface area (Å²) in [7, 11) is 0. The van der Waals surface area contributed by atoms with Crippen LogP contribution in [0.4, 0.5) is 4.39 Å². The third-order valence-electron chi connectivity index (χ3n) is 6.98. The highest BCUT2D eigenvalue weighted by Crippen LogP contribution is 2.57. The molecule has 152 valence electrons. The van der Waals surface area contributed by atoms with Gasteiger partial charge >= 0.3 is 5.97 Å². The van der Waals surface area contributed by atoms with Crippen LogP contribution in [0.2, 0.25) is 0 Å². The Bertz CT molecular complexity index is 776. The SMILES string of the molecule is CC(C)(C(=O)N[C@H]1[C@@H]2CC3C[C@H]1C[C@](F)(C3)C2)c1cccc(OCC(=O)O)c1. The lowest BCUT2D eigenvalue weighted by atomic mass is 9.53. The van der Waals surface area contributed by atoms with E-state index in [1.54, 1.807) is 18.2 Å². The molecule has 5 atom stereocenters. The van der Waals surface area contributed by atoms with Gasteiger partial charge in [-0.1, -0.05) is 12.1 Å². The zero-order chi connectivity index (χ0) is 20.1. The van der Waals surface area contributed by atoms with Crippen molar-refractivity contribution in [3.05, 3.63) is 29.8 Å². The number of carboxylic acid groups (broad SMARTS) is 1. The summed E-state index contributed by atoms with van der Waals surface area (Å²) in [5.41, 5.74) is -1.05. The van der Waals surface area contributed by atoms with Crippen molar-refractivity contribution >= 4 is 11.9 Å². The third kappa shape index (κ3) is 3.49. The number of nitrogens with one attached hydrogen (secondary N) is 1. The quantitative estimate of drug-likeness (QED) is 0.781. The van der Waals surface area contributed by atoms with Crippen LogP contribution in [-0.2, 0) is 15.0 Å². The van der Waals surface area contributed by atoms with Crippen LogP contribution in [0.15, 0.2) is 24.3 Å². The number of hydrogen-bond donors (Lipinski definition) is 2. The van der Waals surface area contributed by atoms with Crippen molar-refractivity contribution < 1.29 is 23.8 Å². The number of halogens is 1. The fourth-order valence-electron chi connectivity index (χ4n) is 5.74.